The fraction of sp³-hybridized carbons (Fsp3) is 0.600. The van der Waals surface area contributed by atoms with E-state index in [0.717, 1.165) is 24.7 Å². The Morgan fingerprint density at radius 1 is 1.43 bits per heavy atom. The van der Waals surface area contributed by atoms with Crippen molar-refractivity contribution in [2.24, 2.45) is 0 Å². The molecule has 0 spiro atoms. The molecule has 76 valence electrons. The lowest BCUT2D eigenvalue weighted by molar-refractivity contribution is 0.178. The number of aromatic nitrogens is 2. The zero-order chi connectivity index (χ0) is 9.80. The second kappa shape index (κ2) is 4.37. The van der Waals surface area contributed by atoms with Crippen LogP contribution in [0.5, 0.6) is 0 Å². The molecule has 1 fully saturated rings. The molecule has 2 rings (SSSR count). The minimum Gasteiger partial charge on any atom is -0.377 e. The number of hydrogen-bond donors (Lipinski definition) is 0. The third kappa shape index (κ3) is 2.01. The van der Waals surface area contributed by atoms with Gasteiger partial charge in [0.05, 0.1) is 0 Å². The fourth-order valence-corrected chi connectivity index (χ4v) is 1.71. The molecule has 14 heavy (non-hydrogen) atoms. The molecule has 1 aromatic rings. The SMILES string of the molecule is COCc1nccc(N2CCCC2)n1. The van der Waals surface area contributed by atoms with Gasteiger partial charge in [0.15, 0.2) is 5.82 Å². The molecular weight excluding hydrogens is 178 g/mol. The van der Waals surface area contributed by atoms with Gasteiger partial charge in [0.2, 0.25) is 0 Å². The lowest BCUT2D eigenvalue weighted by Crippen LogP contribution is -2.19. The highest BCUT2D eigenvalue weighted by molar-refractivity contribution is 5.38. The molecule has 4 nitrogen and oxygen atoms in total. The fourth-order valence-electron chi connectivity index (χ4n) is 1.71. The number of nitrogens with zero attached hydrogens (tertiary/aromatic N) is 3. The number of rotatable bonds is 3. The number of anilines is 1. The average Bonchev–Trinajstić information content (AvgIpc) is 2.71. The Kier molecular flexibility index (Phi) is 2.93. The first kappa shape index (κ1) is 9.40. The van der Waals surface area contributed by atoms with Gasteiger partial charge in [0, 0.05) is 26.4 Å². The van der Waals surface area contributed by atoms with Crippen LogP contribution in [0.1, 0.15) is 18.7 Å². The van der Waals surface area contributed by atoms with Crippen molar-refractivity contribution in [2.75, 3.05) is 25.1 Å². The highest BCUT2D eigenvalue weighted by atomic mass is 16.5. The summed E-state index contributed by atoms with van der Waals surface area (Å²) >= 11 is 0. The van der Waals surface area contributed by atoms with Crippen LogP contribution in [0.4, 0.5) is 5.82 Å². The van der Waals surface area contributed by atoms with Crippen molar-refractivity contribution in [1.29, 1.82) is 0 Å². The highest BCUT2D eigenvalue weighted by Gasteiger charge is 2.13. The number of hydrogen-bond acceptors (Lipinski definition) is 4. The zero-order valence-electron chi connectivity index (χ0n) is 8.44. The summed E-state index contributed by atoms with van der Waals surface area (Å²) in [4.78, 5) is 10.9. The van der Waals surface area contributed by atoms with Crippen LogP contribution < -0.4 is 4.90 Å². The summed E-state index contributed by atoms with van der Waals surface area (Å²) in [6.07, 6.45) is 4.34. The van der Waals surface area contributed by atoms with Gasteiger partial charge in [-0.05, 0) is 18.9 Å². The van der Waals surface area contributed by atoms with Crippen molar-refractivity contribution >= 4 is 5.82 Å². The van der Waals surface area contributed by atoms with Gasteiger partial charge in [0.1, 0.15) is 12.4 Å². The quantitative estimate of drug-likeness (QED) is 0.723. The highest BCUT2D eigenvalue weighted by Crippen LogP contribution is 2.16. The second-order valence-corrected chi connectivity index (χ2v) is 3.46. The van der Waals surface area contributed by atoms with Crippen molar-refractivity contribution in [3.63, 3.8) is 0 Å². The molecule has 1 aliphatic heterocycles. The standard InChI is InChI=1S/C10H15N3O/c1-14-8-9-11-5-4-10(12-9)13-6-2-3-7-13/h4-5H,2-3,6-8H2,1H3. The van der Waals surface area contributed by atoms with Gasteiger partial charge in [-0.2, -0.15) is 0 Å². The number of methoxy groups -OCH3 is 1. The maximum Gasteiger partial charge on any atom is 0.156 e. The smallest absolute Gasteiger partial charge is 0.156 e. The Labute approximate surface area is 83.9 Å². The Morgan fingerprint density at radius 3 is 2.93 bits per heavy atom. The Balaban J connectivity index is 2.12. The summed E-state index contributed by atoms with van der Waals surface area (Å²) in [5.74, 6) is 1.79. The van der Waals surface area contributed by atoms with Crippen molar-refractivity contribution in [3.05, 3.63) is 18.1 Å². The second-order valence-electron chi connectivity index (χ2n) is 3.46. The first-order chi connectivity index (χ1) is 6.90. The Morgan fingerprint density at radius 2 is 2.21 bits per heavy atom. The molecule has 1 aliphatic rings. The zero-order valence-corrected chi connectivity index (χ0v) is 8.44. The molecule has 0 aromatic carbocycles. The minimum atomic E-state index is 0.488. The lowest BCUT2D eigenvalue weighted by atomic mass is 10.4. The van der Waals surface area contributed by atoms with E-state index in [0.29, 0.717) is 6.61 Å². The summed E-state index contributed by atoms with van der Waals surface area (Å²) in [5, 5.41) is 0. The third-order valence-corrected chi connectivity index (χ3v) is 2.39. The molecule has 0 unspecified atom stereocenters. The topological polar surface area (TPSA) is 38.2 Å². The molecule has 0 atom stereocenters. The Bertz CT molecular complexity index is 297. The van der Waals surface area contributed by atoms with Crippen LogP contribution in [0.15, 0.2) is 12.3 Å². The van der Waals surface area contributed by atoms with Gasteiger partial charge >= 0.3 is 0 Å². The minimum absolute atomic E-state index is 0.488. The van der Waals surface area contributed by atoms with E-state index >= 15 is 0 Å². The van der Waals surface area contributed by atoms with E-state index in [1.54, 1.807) is 13.3 Å². The molecule has 0 aliphatic carbocycles. The van der Waals surface area contributed by atoms with E-state index in [9.17, 15) is 0 Å². The number of ether oxygens (including phenoxy) is 1. The van der Waals surface area contributed by atoms with Crippen LogP contribution in [0.2, 0.25) is 0 Å². The largest absolute Gasteiger partial charge is 0.377 e. The van der Waals surface area contributed by atoms with Crippen molar-refractivity contribution in [1.82, 2.24) is 9.97 Å². The van der Waals surface area contributed by atoms with Crippen molar-refractivity contribution in [2.45, 2.75) is 19.4 Å². The van der Waals surface area contributed by atoms with Gasteiger partial charge in [0.25, 0.3) is 0 Å². The van der Waals surface area contributed by atoms with Gasteiger partial charge in [-0.3, -0.25) is 0 Å². The van der Waals surface area contributed by atoms with Crippen LogP contribution in [0.3, 0.4) is 0 Å². The predicted octanol–water partition coefficient (Wildman–Crippen LogP) is 1.22. The van der Waals surface area contributed by atoms with E-state index in [4.69, 9.17) is 4.74 Å². The Hall–Kier alpha value is -1.16. The van der Waals surface area contributed by atoms with E-state index < -0.39 is 0 Å². The maximum absolute atomic E-state index is 5.00. The van der Waals surface area contributed by atoms with Gasteiger partial charge in [-0.1, -0.05) is 0 Å². The molecule has 0 amide bonds. The van der Waals surface area contributed by atoms with Crippen LogP contribution in [-0.4, -0.2) is 30.2 Å². The van der Waals surface area contributed by atoms with Crippen LogP contribution in [-0.2, 0) is 11.3 Å². The molecule has 0 saturated carbocycles. The first-order valence-corrected chi connectivity index (χ1v) is 4.96. The van der Waals surface area contributed by atoms with Crippen LogP contribution >= 0.6 is 0 Å². The molecule has 0 radical (unpaired) electrons. The summed E-state index contributed by atoms with van der Waals surface area (Å²) in [5.41, 5.74) is 0. The maximum atomic E-state index is 5.00. The van der Waals surface area contributed by atoms with Crippen LogP contribution in [0.25, 0.3) is 0 Å². The monoisotopic (exact) mass is 193 g/mol. The van der Waals surface area contributed by atoms with E-state index in [1.165, 1.54) is 12.8 Å². The van der Waals surface area contributed by atoms with E-state index in [1.807, 2.05) is 6.07 Å². The van der Waals surface area contributed by atoms with Gasteiger partial charge < -0.3 is 9.64 Å². The summed E-state index contributed by atoms with van der Waals surface area (Å²) < 4.78 is 5.00. The normalized spacial score (nSPS) is 16.2. The summed E-state index contributed by atoms with van der Waals surface area (Å²) in [6, 6.07) is 1.96. The molecule has 0 N–H and O–H groups in total. The molecule has 1 saturated heterocycles. The lowest BCUT2D eigenvalue weighted by Gasteiger charge is -2.16. The summed E-state index contributed by atoms with van der Waals surface area (Å²) in [7, 11) is 1.66. The summed E-state index contributed by atoms with van der Waals surface area (Å²) in [6.45, 7) is 2.72. The molecule has 0 bridgehead atoms. The van der Waals surface area contributed by atoms with Crippen molar-refractivity contribution in [3.8, 4) is 0 Å². The molecule has 4 heteroatoms. The van der Waals surface area contributed by atoms with Crippen molar-refractivity contribution < 1.29 is 4.74 Å². The molecule has 1 aromatic heterocycles. The molecule has 2 heterocycles. The first-order valence-electron chi connectivity index (χ1n) is 4.96. The molecular formula is C10H15N3O. The third-order valence-electron chi connectivity index (χ3n) is 2.39. The van der Waals surface area contributed by atoms with E-state index in [-0.39, 0.29) is 0 Å². The average molecular weight is 193 g/mol. The van der Waals surface area contributed by atoms with E-state index in [2.05, 4.69) is 14.9 Å². The van der Waals surface area contributed by atoms with Crippen LogP contribution in [0, 0.1) is 0 Å². The van der Waals surface area contributed by atoms with Gasteiger partial charge in [-0.25, -0.2) is 9.97 Å². The van der Waals surface area contributed by atoms with Gasteiger partial charge in [-0.15, -0.1) is 0 Å². The predicted molar refractivity (Wildman–Crippen MR) is 54.2 cm³/mol.